The molecule has 6 nitrogen and oxygen atoms in total. The minimum atomic E-state index is -1.28. The minimum Gasteiger partial charge on any atom is -0.458 e. The van der Waals surface area contributed by atoms with Crippen LogP contribution in [0, 0.1) is 0 Å². The SMILES string of the molecule is CC(=O)O[C@@H]1C[C@@]2(O)CCCC[C@]2(O)C[C@H]1OC(C)=O. The van der Waals surface area contributed by atoms with Crippen LogP contribution in [0.5, 0.6) is 0 Å². The molecule has 0 aromatic rings. The van der Waals surface area contributed by atoms with Gasteiger partial charge in [0, 0.05) is 26.7 Å². The van der Waals surface area contributed by atoms with E-state index in [0.29, 0.717) is 12.8 Å². The largest absolute Gasteiger partial charge is 0.458 e. The Labute approximate surface area is 118 Å². The molecule has 0 saturated heterocycles. The monoisotopic (exact) mass is 286 g/mol. The normalized spacial score (nSPS) is 40.6. The smallest absolute Gasteiger partial charge is 0.303 e. The summed E-state index contributed by atoms with van der Waals surface area (Å²) in [7, 11) is 0. The molecule has 0 unspecified atom stereocenters. The molecule has 0 spiro atoms. The highest BCUT2D eigenvalue weighted by Crippen LogP contribution is 2.48. The Morgan fingerprint density at radius 1 is 0.900 bits per heavy atom. The maximum Gasteiger partial charge on any atom is 0.303 e. The van der Waals surface area contributed by atoms with Crippen LogP contribution in [0.3, 0.4) is 0 Å². The Kier molecular flexibility index (Phi) is 4.07. The molecule has 0 amide bonds. The molecule has 114 valence electrons. The molecule has 0 aromatic carbocycles. The van der Waals surface area contributed by atoms with Gasteiger partial charge in [0.25, 0.3) is 0 Å². The first-order valence-electron chi connectivity index (χ1n) is 7.05. The van der Waals surface area contributed by atoms with Crippen LogP contribution < -0.4 is 0 Å². The first-order chi connectivity index (χ1) is 9.26. The van der Waals surface area contributed by atoms with E-state index in [1.54, 1.807) is 0 Å². The fourth-order valence-electron chi connectivity index (χ4n) is 3.47. The Morgan fingerprint density at radius 2 is 1.25 bits per heavy atom. The van der Waals surface area contributed by atoms with Crippen LogP contribution in [-0.4, -0.2) is 45.6 Å². The van der Waals surface area contributed by atoms with Gasteiger partial charge in [0.1, 0.15) is 12.2 Å². The van der Waals surface area contributed by atoms with Crippen LogP contribution in [0.15, 0.2) is 0 Å². The zero-order chi connectivity index (χ0) is 15.0. The number of hydrogen-bond acceptors (Lipinski definition) is 6. The van der Waals surface area contributed by atoms with Gasteiger partial charge in [-0.2, -0.15) is 0 Å². The molecule has 6 heteroatoms. The van der Waals surface area contributed by atoms with Crippen molar-refractivity contribution in [3.63, 3.8) is 0 Å². The number of ether oxygens (including phenoxy) is 2. The van der Waals surface area contributed by atoms with Crippen LogP contribution in [-0.2, 0) is 19.1 Å². The molecule has 2 saturated carbocycles. The Bertz CT molecular complexity index is 370. The molecule has 4 atom stereocenters. The van der Waals surface area contributed by atoms with Gasteiger partial charge in [-0.05, 0) is 12.8 Å². The Balaban J connectivity index is 2.22. The number of esters is 2. The van der Waals surface area contributed by atoms with Crippen molar-refractivity contribution >= 4 is 11.9 Å². The van der Waals surface area contributed by atoms with Gasteiger partial charge in [0.05, 0.1) is 11.2 Å². The summed E-state index contributed by atoms with van der Waals surface area (Å²) >= 11 is 0. The van der Waals surface area contributed by atoms with Crippen molar-refractivity contribution < 1.29 is 29.3 Å². The molecular weight excluding hydrogens is 264 g/mol. The van der Waals surface area contributed by atoms with E-state index >= 15 is 0 Å². The molecule has 2 N–H and O–H groups in total. The van der Waals surface area contributed by atoms with Gasteiger partial charge in [0.2, 0.25) is 0 Å². The van der Waals surface area contributed by atoms with Crippen molar-refractivity contribution in [1.82, 2.24) is 0 Å². The van der Waals surface area contributed by atoms with Gasteiger partial charge in [-0.1, -0.05) is 12.8 Å². The van der Waals surface area contributed by atoms with E-state index in [1.807, 2.05) is 0 Å². The lowest BCUT2D eigenvalue weighted by molar-refractivity contribution is -0.246. The number of aliphatic hydroxyl groups is 2. The molecule has 0 aromatic heterocycles. The van der Waals surface area contributed by atoms with Gasteiger partial charge in [-0.3, -0.25) is 9.59 Å². The molecule has 2 fully saturated rings. The second-order valence-corrected chi connectivity index (χ2v) is 5.97. The standard InChI is InChI=1S/C14H22O6/c1-9(15)19-11-7-13(17)5-3-4-6-14(13,18)8-12(11)20-10(2)16/h11-12,17-18H,3-8H2,1-2H3/t11-,12-,13+,14+/m1/s1. The highest BCUT2D eigenvalue weighted by molar-refractivity contribution is 5.67. The molecule has 2 rings (SSSR count). The van der Waals surface area contributed by atoms with Gasteiger partial charge in [0.15, 0.2) is 0 Å². The average molecular weight is 286 g/mol. The molecule has 20 heavy (non-hydrogen) atoms. The zero-order valence-corrected chi connectivity index (χ0v) is 11.9. The number of carbonyl (C=O) groups is 2. The van der Waals surface area contributed by atoms with Crippen LogP contribution in [0.25, 0.3) is 0 Å². The lowest BCUT2D eigenvalue weighted by atomic mass is 9.62. The maximum absolute atomic E-state index is 11.2. The van der Waals surface area contributed by atoms with E-state index in [-0.39, 0.29) is 12.8 Å². The van der Waals surface area contributed by atoms with Crippen LogP contribution in [0.2, 0.25) is 0 Å². The fourth-order valence-corrected chi connectivity index (χ4v) is 3.47. The quantitative estimate of drug-likeness (QED) is 0.725. The van der Waals surface area contributed by atoms with Gasteiger partial charge < -0.3 is 19.7 Å². The predicted octanol–water partition coefficient (Wildman–Crippen LogP) is 0.680. The number of carbonyl (C=O) groups excluding carboxylic acids is 2. The molecule has 2 aliphatic rings. The van der Waals surface area contributed by atoms with Crippen LogP contribution >= 0.6 is 0 Å². The van der Waals surface area contributed by atoms with Gasteiger partial charge >= 0.3 is 11.9 Å². The van der Waals surface area contributed by atoms with E-state index in [2.05, 4.69) is 0 Å². The van der Waals surface area contributed by atoms with Crippen molar-refractivity contribution in [3.05, 3.63) is 0 Å². The van der Waals surface area contributed by atoms with Gasteiger partial charge in [-0.25, -0.2) is 0 Å². The number of fused-ring (bicyclic) bond motifs is 1. The van der Waals surface area contributed by atoms with Crippen molar-refractivity contribution in [3.8, 4) is 0 Å². The number of hydrogen-bond donors (Lipinski definition) is 2. The summed E-state index contributed by atoms with van der Waals surface area (Å²) in [5.41, 5.74) is -2.55. The molecule has 0 radical (unpaired) electrons. The summed E-state index contributed by atoms with van der Waals surface area (Å²) in [5.74, 6) is -0.978. The van der Waals surface area contributed by atoms with E-state index in [1.165, 1.54) is 13.8 Å². The summed E-state index contributed by atoms with van der Waals surface area (Å²) in [6.07, 6.45) is 1.36. The summed E-state index contributed by atoms with van der Waals surface area (Å²) in [4.78, 5) is 22.4. The molecular formula is C14H22O6. The Hall–Kier alpha value is -1.14. The van der Waals surface area contributed by atoms with Crippen LogP contribution in [0.1, 0.15) is 52.4 Å². The van der Waals surface area contributed by atoms with E-state index in [9.17, 15) is 19.8 Å². The highest BCUT2D eigenvalue weighted by atomic mass is 16.6. The summed E-state index contributed by atoms with van der Waals surface area (Å²) in [6.45, 7) is 2.55. The minimum absolute atomic E-state index is 0.0982. The Morgan fingerprint density at radius 3 is 1.55 bits per heavy atom. The molecule has 0 heterocycles. The second kappa shape index (κ2) is 5.33. The summed E-state index contributed by atoms with van der Waals surface area (Å²) < 4.78 is 10.4. The maximum atomic E-state index is 11.2. The predicted molar refractivity (Wildman–Crippen MR) is 68.7 cm³/mol. The lowest BCUT2D eigenvalue weighted by Gasteiger charge is -2.53. The van der Waals surface area contributed by atoms with Crippen LogP contribution in [0.4, 0.5) is 0 Å². The summed E-state index contributed by atoms with van der Waals surface area (Å²) in [6, 6.07) is 0. The van der Waals surface area contributed by atoms with E-state index < -0.39 is 35.3 Å². The molecule has 2 aliphatic carbocycles. The third-order valence-electron chi connectivity index (χ3n) is 4.42. The zero-order valence-electron chi connectivity index (χ0n) is 11.9. The second-order valence-electron chi connectivity index (χ2n) is 5.97. The topological polar surface area (TPSA) is 93.1 Å². The fraction of sp³-hybridized carbons (Fsp3) is 0.857. The van der Waals surface area contributed by atoms with E-state index in [4.69, 9.17) is 9.47 Å². The third-order valence-corrected chi connectivity index (χ3v) is 4.42. The number of rotatable bonds is 2. The van der Waals surface area contributed by atoms with Crippen molar-refractivity contribution in [2.24, 2.45) is 0 Å². The highest BCUT2D eigenvalue weighted by Gasteiger charge is 2.58. The lowest BCUT2D eigenvalue weighted by Crippen LogP contribution is -2.65. The first-order valence-corrected chi connectivity index (χ1v) is 7.05. The van der Waals surface area contributed by atoms with Crippen molar-refractivity contribution in [2.45, 2.75) is 75.8 Å². The summed E-state index contributed by atoms with van der Waals surface area (Å²) in [5, 5.41) is 21.4. The van der Waals surface area contributed by atoms with Crippen molar-refractivity contribution in [2.75, 3.05) is 0 Å². The van der Waals surface area contributed by atoms with E-state index in [0.717, 1.165) is 12.8 Å². The molecule has 0 aliphatic heterocycles. The average Bonchev–Trinajstić information content (AvgIpc) is 2.30. The van der Waals surface area contributed by atoms with Gasteiger partial charge in [-0.15, -0.1) is 0 Å². The third kappa shape index (κ3) is 2.81. The van der Waals surface area contributed by atoms with Crippen molar-refractivity contribution in [1.29, 1.82) is 0 Å². The molecule has 0 bridgehead atoms. The first kappa shape index (κ1) is 15.3.